The molecule has 0 fully saturated rings. The number of carbonyl (C=O) groups is 2. The summed E-state index contributed by atoms with van der Waals surface area (Å²) in [5.41, 5.74) is 0.592. The van der Waals surface area contributed by atoms with Gasteiger partial charge in [0.1, 0.15) is 18.5 Å². The van der Waals surface area contributed by atoms with E-state index in [0.717, 1.165) is 0 Å². The standard InChI is InChI=1S/C22H21F6NO5/c1-29(2)18(34-20(31)22(26,27)28)12-17(14-8-4-3-5-9-14)33-16-11-7-6-10-15(16)13-32-19(30)21(23,24)25/h3-11,17-18H,12-13H2,1-2H3. The topological polar surface area (TPSA) is 65.1 Å². The number of ether oxygens (including phenoxy) is 3. The first-order valence-electron chi connectivity index (χ1n) is 9.76. The lowest BCUT2D eigenvalue weighted by molar-refractivity contribution is -0.212. The van der Waals surface area contributed by atoms with Gasteiger partial charge >= 0.3 is 24.3 Å². The average molecular weight is 493 g/mol. The Labute approximate surface area is 191 Å². The van der Waals surface area contributed by atoms with Gasteiger partial charge in [0.25, 0.3) is 0 Å². The molecule has 0 saturated carbocycles. The number of hydrogen-bond donors (Lipinski definition) is 0. The number of hydrogen-bond acceptors (Lipinski definition) is 6. The molecule has 2 rings (SSSR count). The summed E-state index contributed by atoms with van der Waals surface area (Å²) in [5, 5.41) is 0. The van der Waals surface area contributed by atoms with E-state index in [9.17, 15) is 35.9 Å². The van der Waals surface area contributed by atoms with Gasteiger partial charge in [-0.1, -0.05) is 48.5 Å². The smallest absolute Gasteiger partial charge is 0.485 e. The molecule has 2 atom stereocenters. The molecule has 0 heterocycles. The summed E-state index contributed by atoms with van der Waals surface area (Å²) in [7, 11) is 2.81. The number of benzene rings is 2. The van der Waals surface area contributed by atoms with Crippen LogP contribution in [-0.4, -0.2) is 49.5 Å². The summed E-state index contributed by atoms with van der Waals surface area (Å²) in [6, 6.07) is 14.0. The third-order valence-corrected chi connectivity index (χ3v) is 4.47. The molecule has 0 aliphatic carbocycles. The Hall–Kier alpha value is -3.28. The molecule has 12 heteroatoms. The molecule has 0 radical (unpaired) electrons. The van der Waals surface area contributed by atoms with Gasteiger partial charge in [-0.05, 0) is 25.7 Å². The lowest BCUT2D eigenvalue weighted by atomic mass is 10.0. The van der Waals surface area contributed by atoms with E-state index in [1.165, 1.54) is 43.3 Å². The maximum atomic E-state index is 12.7. The largest absolute Gasteiger partial charge is 0.490 e. The average Bonchev–Trinajstić information content (AvgIpc) is 2.76. The van der Waals surface area contributed by atoms with Crippen molar-refractivity contribution in [3.63, 3.8) is 0 Å². The van der Waals surface area contributed by atoms with Crippen LogP contribution in [0.15, 0.2) is 54.6 Å². The van der Waals surface area contributed by atoms with Gasteiger partial charge in [-0.3, -0.25) is 4.90 Å². The highest BCUT2D eigenvalue weighted by Gasteiger charge is 2.43. The number of halogens is 6. The van der Waals surface area contributed by atoms with Crippen LogP contribution in [0.5, 0.6) is 5.75 Å². The SMILES string of the molecule is CN(C)C(CC(Oc1ccccc1COC(=O)C(F)(F)F)c1ccccc1)OC(=O)C(F)(F)F. The number of nitrogens with zero attached hydrogens (tertiary/aromatic N) is 1. The normalized spacial score (nSPS) is 13.8. The van der Waals surface area contributed by atoms with Gasteiger partial charge in [-0.15, -0.1) is 0 Å². The van der Waals surface area contributed by atoms with Crippen LogP contribution in [0.4, 0.5) is 26.3 Å². The summed E-state index contributed by atoms with van der Waals surface area (Å²) in [4.78, 5) is 23.7. The monoisotopic (exact) mass is 493 g/mol. The molecular weight excluding hydrogens is 472 g/mol. The van der Waals surface area contributed by atoms with Crippen LogP contribution in [0.3, 0.4) is 0 Å². The quantitative estimate of drug-likeness (QED) is 0.284. The predicted octanol–water partition coefficient (Wildman–Crippen LogP) is 4.80. The van der Waals surface area contributed by atoms with Crippen molar-refractivity contribution in [2.24, 2.45) is 0 Å². The van der Waals surface area contributed by atoms with Crippen molar-refractivity contribution in [3.05, 3.63) is 65.7 Å². The number of rotatable bonds is 9. The third-order valence-electron chi connectivity index (χ3n) is 4.47. The van der Waals surface area contributed by atoms with Crippen molar-refractivity contribution in [3.8, 4) is 5.75 Å². The van der Waals surface area contributed by atoms with Crippen LogP contribution in [-0.2, 0) is 25.7 Å². The van der Waals surface area contributed by atoms with E-state index < -0.39 is 43.2 Å². The van der Waals surface area contributed by atoms with E-state index in [4.69, 9.17) is 4.74 Å². The van der Waals surface area contributed by atoms with Gasteiger partial charge in [0.2, 0.25) is 0 Å². The first-order valence-corrected chi connectivity index (χ1v) is 9.76. The molecule has 34 heavy (non-hydrogen) atoms. The lowest BCUT2D eigenvalue weighted by Gasteiger charge is -2.29. The molecule has 186 valence electrons. The first-order chi connectivity index (χ1) is 15.8. The summed E-state index contributed by atoms with van der Waals surface area (Å²) in [6.07, 6.45) is -13.0. The maximum absolute atomic E-state index is 12.7. The van der Waals surface area contributed by atoms with E-state index >= 15 is 0 Å². The van der Waals surface area contributed by atoms with Crippen molar-refractivity contribution in [2.45, 2.75) is 37.7 Å². The van der Waals surface area contributed by atoms with Crippen LogP contribution < -0.4 is 4.74 Å². The molecule has 0 N–H and O–H groups in total. The lowest BCUT2D eigenvalue weighted by Crippen LogP contribution is -2.39. The fourth-order valence-electron chi connectivity index (χ4n) is 2.77. The predicted molar refractivity (Wildman–Crippen MR) is 106 cm³/mol. The highest BCUT2D eigenvalue weighted by Crippen LogP contribution is 2.31. The van der Waals surface area contributed by atoms with Crippen molar-refractivity contribution >= 4 is 11.9 Å². The third kappa shape index (κ3) is 7.94. The molecule has 0 aliphatic rings. The molecule has 2 aromatic rings. The van der Waals surface area contributed by atoms with Crippen molar-refractivity contribution in [2.75, 3.05) is 14.1 Å². The van der Waals surface area contributed by atoms with Crippen molar-refractivity contribution in [1.29, 1.82) is 0 Å². The van der Waals surface area contributed by atoms with E-state index in [0.29, 0.717) is 5.56 Å². The molecule has 0 bridgehead atoms. The molecule has 0 saturated heterocycles. The number of carbonyl (C=O) groups excluding carboxylic acids is 2. The Morgan fingerprint density at radius 1 is 0.853 bits per heavy atom. The van der Waals surface area contributed by atoms with Gasteiger partial charge in [0.15, 0.2) is 6.23 Å². The van der Waals surface area contributed by atoms with Gasteiger partial charge < -0.3 is 14.2 Å². The summed E-state index contributed by atoms with van der Waals surface area (Å²) < 4.78 is 90.4. The van der Waals surface area contributed by atoms with Crippen LogP contribution in [0.2, 0.25) is 0 Å². The van der Waals surface area contributed by atoms with Gasteiger partial charge in [0.05, 0.1) is 0 Å². The zero-order valence-electron chi connectivity index (χ0n) is 18.0. The maximum Gasteiger partial charge on any atom is 0.490 e. The summed E-state index contributed by atoms with van der Waals surface area (Å²) in [5.74, 6) is -4.72. The highest BCUT2D eigenvalue weighted by atomic mass is 19.4. The van der Waals surface area contributed by atoms with Crippen LogP contribution in [0, 0.1) is 0 Å². The summed E-state index contributed by atoms with van der Waals surface area (Å²) >= 11 is 0. The van der Waals surface area contributed by atoms with Crippen LogP contribution >= 0.6 is 0 Å². The molecule has 2 aromatic carbocycles. The van der Waals surface area contributed by atoms with E-state index in [1.807, 2.05) is 0 Å². The van der Waals surface area contributed by atoms with E-state index in [-0.39, 0.29) is 17.7 Å². The summed E-state index contributed by atoms with van der Waals surface area (Å²) in [6.45, 7) is -0.754. The first kappa shape index (κ1) is 27.0. The molecule has 0 spiro atoms. The van der Waals surface area contributed by atoms with Gasteiger partial charge in [0, 0.05) is 12.0 Å². The van der Waals surface area contributed by atoms with E-state index in [2.05, 4.69) is 9.47 Å². The Morgan fingerprint density at radius 2 is 1.41 bits per heavy atom. The molecule has 0 aliphatic heterocycles. The second kappa shape index (κ2) is 11.2. The molecule has 0 amide bonds. The minimum Gasteiger partial charge on any atom is -0.485 e. The zero-order chi connectivity index (χ0) is 25.5. The number of esters is 2. The van der Waals surface area contributed by atoms with E-state index in [1.54, 1.807) is 30.3 Å². The highest BCUT2D eigenvalue weighted by molar-refractivity contribution is 5.76. The van der Waals surface area contributed by atoms with Gasteiger partial charge in [-0.25, -0.2) is 9.59 Å². The fourth-order valence-corrected chi connectivity index (χ4v) is 2.77. The molecular formula is C22H21F6NO5. The zero-order valence-corrected chi connectivity index (χ0v) is 18.0. The minimum absolute atomic E-state index is 0.0333. The molecule has 6 nitrogen and oxygen atoms in total. The Morgan fingerprint density at radius 3 is 1.97 bits per heavy atom. The Bertz CT molecular complexity index is 962. The van der Waals surface area contributed by atoms with Crippen molar-refractivity contribution < 1.29 is 50.1 Å². The van der Waals surface area contributed by atoms with Crippen LogP contribution in [0.1, 0.15) is 23.7 Å². The minimum atomic E-state index is -5.20. The molecule has 2 unspecified atom stereocenters. The number of para-hydroxylation sites is 1. The van der Waals surface area contributed by atoms with Crippen LogP contribution in [0.25, 0.3) is 0 Å². The number of alkyl halides is 6. The Balaban J connectivity index is 2.29. The van der Waals surface area contributed by atoms with Crippen molar-refractivity contribution in [1.82, 2.24) is 4.90 Å². The molecule has 0 aromatic heterocycles. The second-order valence-electron chi connectivity index (χ2n) is 7.26. The Kier molecular flexibility index (Phi) is 8.91. The fraction of sp³-hybridized carbons (Fsp3) is 0.364. The van der Waals surface area contributed by atoms with Gasteiger partial charge in [-0.2, -0.15) is 26.3 Å². The second-order valence-corrected chi connectivity index (χ2v) is 7.26.